The fourth-order valence-corrected chi connectivity index (χ4v) is 4.04. The molecule has 3 rings (SSSR count). The lowest BCUT2D eigenvalue weighted by molar-refractivity contribution is -0.147. The average molecular weight is 339 g/mol. The van der Waals surface area contributed by atoms with E-state index in [9.17, 15) is 0 Å². The molecule has 1 aliphatic carbocycles. The fraction of sp³-hybridized carbons (Fsp3) is 0.625. The van der Waals surface area contributed by atoms with Crippen molar-refractivity contribution in [3.8, 4) is 0 Å². The lowest BCUT2D eigenvalue weighted by Crippen LogP contribution is -2.52. The summed E-state index contributed by atoms with van der Waals surface area (Å²) in [7, 11) is 0. The summed E-state index contributed by atoms with van der Waals surface area (Å²) in [5.41, 5.74) is 4.57. The molecule has 1 heterocycles. The van der Waals surface area contributed by atoms with E-state index in [1.807, 2.05) is 0 Å². The molecule has 3 N–H and O–H groups in total. The van der Waals surface area contributed by atoms with Gasteiger partial charge >= 0.3 is 0 Å². The average Bonchev–Trinajstić information content (AvgIpc) is 2.45. The van der Waals surface area contributed by atoms with E-state index in [0.29, 0.717) is 12.0 Å². The van der Waals surface area contributed by atoms with Crippen LogP contribution in [-0.2, 0) is 11.2 Å². The van der Waals surface area contributed by atoms with Gasteiger partial charge in [0.05, 0.1) is 5.60 Å². The number of rotatable bonds is 4. The Balaban J connectivity index is 1.68. The summed E-state index contributed by atoms with van der Waals surface area (Å²) in [5.74, 6) is 6.46. The smallest absolute Gasteiger partial charge is 0.0685 e. The Morgan fingerprint density at radius 3 is 2.85 bits per heavy atom. The third-order valence-electron chi connectivity index (χ3n) is 4.98. The van der Waals surface area contributed by atoms with Gasteiger partial charge in [-0.25, -0.2) is 0 Å². The molecule has 4 heteroatoms. The first kappa shape index (κ1) is 14.5. The number of nitrogens with one attached hydrogen (secondary N) is 1. The van der Waals surface area contributed by atoms with Crippen molar-refractivity contribution in [2.45, 2.75) is 50.2 Å². The molecule has 0 radical (unpaired) electrons. The Morgan fingerprint density at radius 1 is 1.40 bits per heavy atom. The van der Waals surface area contributed by atoms with Crippen LogP contribution in [0.2, 0.25) is 0 Å². The predicted octanol–water partition coefficient (Wildman–Crippen LogP) is 3.17. The van der Waals surface area contributed by atoms with Crippen LogP contribution < -0.4 is 11.3 Å². The molecule has 110 valence electrons. The minimum atomic E-state index is 0.186. The van der Waals surface area contributed by atoms with Gasteiger partial charge in [-0.05, 0) is 56.1 Å². The van der Waals surface area contributed by atoms with Gasteiger partial charge in [0.1, 0.15) is 0 Å². The quantitative estimate of drug-likeness (QED) is 0.654. The molecular formula is C16H23BrN2O. The molecule has 1 aliphatic heterocycles. The van der Waals surface area contributed by atoms with Crippen molar-refractivity contribution < 1.29 is 4.74 Å². The van der Waals surface area contributed by atoms with Crippen molar-refractivity contribution in [1.29, 1.82) is 0 Å². The summed E-state index contributed by atoms with van der Waals surface area (Å²) in [6.45, 7) is 0.888. The van der Waals surface area contributed by atoms with E-state index in [2.05, 4.69) is 45.6 Å². The summed E-state index contributed by atoms with van der Waals surface area (Å²) in [4.78, 5) is 0. The molecule has 1 spiro atoms. The second-order valence-corrected chi connectivity index (χ2v) is 7.06. The highest BCUT2D eigenvalue weighted by molar-refractivity contribution is 9.10. The molecule has 3 nitrogen and oxygen atoms in total. The van der Waals surface area contributed by atoms with Crippen LogP contribution in [0.15, 0.2) is 28.7 Å². The van der Waals surface area contributed by atoms with E-state index >= 15 is 0 Å². The largest absolute Gasteiger partial charge is 0.375 e. The third kappa shape index (κ3) is 2.93. The number of hydrogen-bond donors (Lipinski definition) is 2. The third-order valence-corrected chi connectivity index (χ3v) is 5.75. The van der Waals surface area contributed by atoms with Crippen LogP contribution in [0.3, 0.4) is 0 Å². The minimum absolute atomic E-state index is 0.186. The highest BCUT2D eigenvalue weighted by Crippen LogP contribution is 2.45. The molecule has 0 bridgehead atoms. The maximum atomic E-state index is 6.02. The summed E-state index contributed by atoms with van der Waals surface area (Å²) in [6, 6.07) is 8.74. The highest BCUT2D eigenvalue weighted by atomic mass is 79.9. The molecule has 1 aromatic rings. The predicted molar refractivity (Wildman–Crippen MR) is 84.2 cm³/mol. The number of hydrogen-bond acceptors (Lipinski definition) is 3. The van der Waals surface area contributed by atoms with Gasteiger partial charge in [0, 0.05) is 17.1 Å². The molecule has 1 saturated heterocycles. The second kappa shape index (κ2) is 6.14. The van der Waals surface area contributed by atoms with Crippen LogP contribution in [-0.4, -0.2) is 18.2 Å². The Hall–Kier alpha value is -0.420. The number of benzene rings is 1. The van der Waals surface area contributed by atoms with Crippen LogP contribution in [0.1, 0.15) is 37.7 Å². The molecule has 2 fully saturated rings. The summed E-state index contributed by atoms with van der Waals surface area (Å²) < 4.78 is 7.19. The van der Waals surface area contributed by atoms with E-state index in [0.717, 1.165) is 25.9 Å². The van der Waals surface area contributed by atoms with Crippen LogP contribution in [0.25, 0.3) is 0 Å². The normalized spacial score (nSPS) is 26.2. The molecule has 0 amide bonds. The van der Waals surface area contributed by atoms with Gasteiger partial charge in [-0.2, -0.15) is 0 Å². The van der Waals surface area contributed by atoms with Gasteiger partial charge < -0.3 is 4.74 Å². The first-order valence-electron chi connectivity index (χ1n) is 7.56. The number of hydrazine groups is 1. The molecule has 2 aliphatic rings. The zero-order valence-corrected chi connectivity index (χ0v) is 13.4. The lowest BCUT2D eigenvalue weighted by Gasteiger charge is -2.48. The van der Waals surface area contributed by atoms with Crippen molar-refractivity contribution in [3.05, 3.63) is 34.3 Å². The van der Waals surface area contributed by atoms with Crippen LogP contribution in [0.5, 0.6) is 0 Å². The Morgan fingerprint density at radius 2 is 2.20 bits per heavy atom. The summed E-state index contributed by atoms with van der Waals surface area (Å²) >= 11 is 3.63. The molecule has 0 aromatic heterocycles. The van der Waals surface area contributed by atoms with Gasteiger partial charge in [-0.15, -0.1) is 0 Å². The Labute approximate surface area is 129 Å². The van der Waals surface area contributed by atoms with E-state index in [1.54, 1.807) is 0 Å². The van der Waals surface area contributed by atoms with Crippen molar-refractivity contribution in [1.82, 2.24) is 5.43 Å². The first-order valence-corrected chi connectivity index (χ1v) is 8.35. The fourth-order valence-electron chi connectivity index (χ4n) is 3.59. The molecule has 2 unspecified atom stereocenters. The standard InChI is InChI=1S/C16H23BrN2O/c17-14-5-2-1-4-12(14)10-15(19-18)13-6-9-20-16(11-13)7-3-8-16/h1-2,4-5,13,15,19H,3,6-11,18H2. The summed E-state index contributed by atoms with van der Waals surface area (Å²) in [5, 5.41) is 0. The van der Waals surface area contributed by atoms with Crippen LogP contribution >= 0.6 is 15.9 Å². The summed E-state index contributed by atoms with van der Waals surface area (Å²) in [6.07, 6.45) is 7.02. The van der Waals surface area contributed by atoms with Crippen molar-refractivity contribution in [2.75, 3.05) is 6.61 Å². The SMILES string of the molecule is NNC(Cc1ccccc1Br)C1CCOC2(CCC2)C1. The number of halogens is 1. The van der Waals surface area contributed by atoms with E-state index in [1.165, 1.54) is 29.3 Å². The maximum Gasteiger partial charge on any atom is 0.0685 e. The molecular weight excluding hydrogens is 316 g/mol. The monoisotopic (exact) mass is 338 g/mol. The molecule has 2 atom stereocenters. The van der Waals surface area contributed by atoms with E-state index in [4.69, 9.17) is 10.6 Å². The number of nitrogens with two attached hydrogens (primary N) is 1. The minimum Gasteiger partial charge on any atom is -0.375 e. The Kier molecular flexibility index (Phi) is 4.46. The van der Waals surface area contributed by atoms with Gasteiger partial charge in [0.25, 0.3) is 0 Å². The second-order valence-electron chi connectivity index (χ2n) is 6.21. The topological polar surface area (TPSA) is 47.3 Å². The van der Waals surface area contributed by atoms with E-state index < -0.39 is 0 Å². The molecule has 1 aromatic carbocycles. The maximum absolute atomic E-state index is 6.02. The Bertz CT molecular complexity index is 462. The first-order chi connectivity index (χ1) is 9.72. The van der Waals surface area contributed by atoms with Gasteiger partial charge in [-0.1, -0.05) is 34.1 Å². The van der Waals surface area contributed by atoms with Gasteiger partial charge in [-0.3, -0.25) is 11.3 Å². The van der Waals surface area contributed by atoms with Crippen molar-refractivity contribution in [2.24, 2.45) is 11.8 Å². The van der Waals surface area contributed by atoms with Gasteiger partial charge in [0.15, 0.2) is 0 Å². The van der Waals surface area contributed by atoms with Crippen LogP contribution in [0, 0.1) is 5.92 Å². The van der Waals surface area contributed by atoms with E-state index in [-0.39, 0.29) is 5.60 Å². The van der Waals surface area contributed by atoms with Crippen molar-refractivity contribution >= 4 is 15.9 Å². The van der Waals surface area contributed by atoms with Crippen LogP contribution in [0.4, 0.5) is 0 Å². The number of ether oxygens (including phenoxy) is 1. The van der Waals surface area contributed by atoms with Crippen molar-refractivity contribution in [3.63, 3.8) is 0 Å². The molecule has 1 saturated carbocycles. The molecule has 20 heavy (non-hydrogen) atoms. The lowest BCUT2D eigenvalue weighted by atomic mass is 9.70. The zero-order valence-electron chi connectivity index (χ0n) is 11.8. The van der Waals surface area contributed by atoms with Gasteiger partial charge in [0.2, 0.25) is 0 Å². The highest BCUT2D eigenvalue weighted by Gasteiger charge is 2.44. The zero-order chi connectivity index (χ0) is 14.0.